The number of carbonyl (C=O) groups is 2. The first-order valence-electron chi connectivity index (χ1n) is 5.58. The van der Waals surface area contributed by atoms with Crippen molar-refractivity contribution in [2.75, 3.05) is 39.5 Å². The molecule has 0 unspecified atom stereocenters. The lowest BCUT2D eigenvalue weighted by Crippen LogP contribution is -2.40. The molecule has 0 aromatic heterocycles. The monoisotopic (exact) mass is 229 g/mol. The molecule has 5 heteroatoms. The van der Waals surface area contributed by atoms with Gasteiger partial charge in [0.05, 0.1) is 19.8 Å². The van der Waals surface area contributed by atoms with Gasteiger partial charge in [-0.1, -0.05) is 13.8 Å². The molecule has 16 heavy (non-hydrogen) atoms. The zero-order chi connectivity index (χ0) is 12.0. The van der Waals surface area contributed by atoms with Crippen molar-refractivity contribution >= 4 is 11.8 Å². The first-order chi connectivity index (χ1) is 7.59. The highest BCUT2D eigenvalue weighted by molar-refractivity contribution is 5.84. The van der Waals surface area contributed by atoms with Crippen LogP contribution < -0.4 is 0 Å². The second-order valence-electron chi connectivity index (χ2n) is 4.17. The molecule has 0 aromatic carbocycles. The van der Waals surface area contributed by atoms with Crippen molar-refractivity contribution < 1.29 is 19.1 Å². The number of morpholine rings is 1. The highest BCUT2D eigenvalue weighted by atomic mass is 16.5. The van der Waals surface area contributed by atoms with Crippen molar-refractivity contribution in [1.82, 2.24) is 4.90 Å². The third kappa shape index (κ3) is 4.72. The number of ketones is 1. The van der Waals surface area contributed by atoms with Crippen LogP contribution in [0.25, 0.3) is 0 Å². The number of rotatable bonds is 5. The molecule has 1 aliphatic heterocycles. The number of esters is 1. The number of hydrogen-bond acceptors (Lipinski definition) is 5. The fourth-order valence-corrected chi connectivity index (χ4v) is 1.31. The third-order valence-electron chi connectivity index (χ3n) is 2.48. The van der Waals surface area contributed by atoms with Crippen molar-refractivity contribution in [2.24, 2.45) is 5.92 Å². The second kappa shape index (κ2) is 6.60. The Kier molecular flexibility index (Phi) is 5.42. The third-order valence-corrected chi connectivity index (χ3v) is 2.48. The van der Waals surface area contributed by atoms with E-state index in [1.54, 1.807) is 13.8 Å². The zero-order valence-electron chi connectivity index (χ0n) is 9.90. The van der Waals surface area contributed by atoms with Crippen LogP contribution in [-0.2, 0) is 19.1 Å². The van der Waals surface area contributed by atoms with E-state index >= 15 is 0 Å². The molecule has 0 aliphatic carbocycles. The molecule has 1 heterocycles. The lowest BCUT2D eigenvalue weighted by molar-refractivity contribution is -0.150. The number of ether oxygens (including phenoxy) is 2. The van der Waals surface area contributed by atoms with Crippen LogP contribution in [0.3, 0.4) is 0 Å². The Hall–Kier alpha value is -0.940. The van der Waals surface area contributed by atoms with E-state index in [1.807, 2.05) is 4.90 Å². The highest BCUT2D eigenvalue weighted by Gasteiger charge is 2.16. The summed E-state index contributed by atoms with van der Waals surface area (Å²) in [7, 11) is 0. The lowest BCUT2D eigenvalue weighted by Gasteiger charge is -2.25. The van der Waals surface area contributed by atoms with Crippen molar-refractivity contribution in [3.05, 3.63) is 0 Å². The maximum Gasteiger partial charge on any atom is 0.320 e. The highest BCUT2D eigenvalue weighted by Crippen LogP contribution is 1.98. The van der Waals surface area contributed by atoms with Gasteiger partial charge >= 0.3 is 5.97 Å². The fourth-order valence-electron chi connectivity index (χ4n) is 1.31. The first-order valence-corrected chi connectivity index (χ1v) is 5.58. The number of Topliss-reactive ketones (excluding diaryl/α,β-unsaturated/α-hetero) is 1. The van der Waals surface area contributed by atoms with Crippen molar-refractivity contribution in [2.45, 2.75) is 13.8 Å². The Bertz CT molecular complexity index is 246. The maximum absolute atomic E-state index is 11.4. The molecular formula is C11H19NO4. The van der Waals surface area contributed by atoms with Gasteiger partial charge in [0.1, 0.15) is 6.61 Å². The average molecular weight is 229 g/mol. The van der Waals surface area contributed by atoms with Crippen LogP contribution in [0.5, 0.6) is 0 Å². The second-order valence-corrected chi connectivity index (χ2v) is 4.17. The van der Waals surface area contributed by atoms with Crippen LogP contribution in [0.15, 0.2) is 0 Å². The molecule has 0 bridgehead atoms. The summed E-state index contributed by atoms with van der Waals surface area (Å²) >= 11 is 0. The fraction of sp³-hybridized carbons (Fsp3) is 0.818. The molecule has 0 atom stereocenters. The Morgan fingerprint density at radius 1 is 1.31 bits per heavy atom. The predicted molar refractivity (Wildman–Crippen MR) is 58.1 cm³/mol. The normalized spacial score (nSPS) is 17.4. The number of hydrogen-bond donors (Lipinski definition) is 0. The van der Waals surface area contributed by atoms with Gasteiger partial charge in [0.2, 0.25) is 0 Å². The van der Waals surface area contributed by atoms with Gasteiger partial charge in [0.25, 0.3) is 0 Å². The minimum Gasteiger partial charge on any atom is -0.457 e. The first kappa shape index (κ1) is 13.1. The summed E-state index contributed by atoms with van der Waals surface area (Å²) in [5.74, 6) is -0.470. The van der Waals surface area contributed by atoms with Gasteiger partial charge in [0, 0.05) is 19.0 Å². The van der Waals surface area contributed by atoms with Crippen molar-refractivity contribution in [3.63, 3.8) is 0 Å². The molecule has 1 aliphatic rings. The summed E-state index contributed by atoms with van der Waals surface area (Å²) in [6.45, 7) is 6.50. The predicted octanol–water partition coefficient (Wildman–Crippen LogP) is 0.0869. The van der Waals surface area contributed by atoms with E-state index in [-0.39, 0.29) is 30.8 Å². The number of carbonyl (C=O) groups excluding carboxylic acids is 2. The van der Waals surface area contributed by atoms with Crippen molar-refractivity contribution in [1.29, 1.82) is 0 Å². The Balaban J connectivity index is 2.17. The standard InChI is InChI=1S/C11H19NO4/c1-9(2)10(13)8-16-11(14)7-12-3-5-15-6-4-12/h9H,3-8H2,1-2H3. The molecule has 0 spiro atoms. The van der Waals surface area contributed by atoms with E-state index in [1.165, 1.54) is 0 Å². The van der Waals surface area contributed by atoms with Gasteiger partial charge < -0.3 is 9.47 Å². The molecule has 1 fully saturated rings. The van der Waals surface area contributed by atoms with Crippen LogP contribution in [0.4, 0.5) is 0 Å². The Morgan fingerprint density at radius 3 is 2.50 bits per heavy atom. The van der Waals surface area contributed by atoms with E-state index in [9.17, 15) is 9.59 Å². The van der Waals surface area contributed by atoms with Crippen LogP contribution in [0.1, 0.15) is 13.8 Å². The van der Waals surface area contributed by atoms with E-state index < -0.39 is 0 Å². The van der Waals surface area contributed by atoms with Crippen molar-refractivity contribution in [3.8, 4) is 0 Å². The van der Waals surface area contributed by atoms with Gasteiger partial charge in [-0.3, -0.25) is 14.5 Å². The molecule has 5 nitrogen and oxygen atoms in total. The lowest BCUT2D eigenvalue weighted by atomic mass is 10.1. The summed E-state index contributed by atoms with van der Waals surface area (Å²) in [5.41, 5.74) is 0. The van der Waals surface area contributed by atoms with Crippen LogP contribution in [-0.4, -0.2) is 56.1 Å². The molecule has 0 radical (unpaired) electrons. The van der Waals surface area contributed by atoms with Crippen LogP contribution >= 0.6 is 0 Å². The van der Waals surface area contributed by atoms with Gasteiger partial charge in [0.15, 0.2) is 5.78 Å². The van der Waals surface area contributed by atoms with Gasteiger partial charge in [-0.05, 0) is 0 Å². The molecule has 0 saturated carbocycles. The molecule has 1 saturated heterocycles. The molecular weight excluding hydrogens is 210 g/mol. The molecule has 0 amide bonds. The summed E-state index contributed by atoms with van der Waals surface area (Å²) in [4.78, 5) is 24.6. The van der Waals surface area contributed by atoms with Gasteiger partial charge in [-0.25, -0.2) is 0 Å². The largest absolute Gasteiger partial charge is 0.457 e. The SMILES string of the molecule is CC(C)C(=O)COC(=O)CN1CCOCC1. The molecule has 0 N–H and O–H groups in total. The summed E-state index contributed by atoms with van der Waals surface area (Å²) in [6, 6.07) is 0. The topological polar surface area (TPSA) is 55.8 Å². The molecule has 92 valence electrons. The number of nitrogens with zero attached hydrogens (tertiary/aromatic N) is 1. The smallest absolute Gasteiger partial charge is 0.320 e. The average Bonchev–Trinajstić information content (AvgIpc) is 2.27. The van der Waals surface area contributed by atoms with E-state index in [0.29, 0.717) is 13.2 Å². The van der Waals surface area contributed by atoms with Gasteiger partial charge in [-0.15, -0.1) is 0 Å². The molecule has 0 aromatic rings. The Morgan fingerprint density at radius 2 is 1.94 bits per heavy atom. The quantitative estimate of drug-likeness (QED) is 0.625. The summed E-state index contributed by atoms with van der Waals surface area (Å²) < 4.78 is 10.1. The molecule has 1 rings (SSSR count). The van der Waals surface area contributed by atoms with Gasteiger partial charge in [-0.2, -0.15) is 0 Å². The summed E-state index contributed by atoms with van der Waals surface area (Å²) in [5, 5.41) is 0. The minimum atomic E-state index is -0.337. The Labute approximate surface area is 95.7 Å². The van der Waals surface area contributed by atoms with E-state index in [4.69, 9.17) is 9.47 Å². The van der Waals surface area contributed by atoms with Crippen LogP contribution in [0, 0.1) is 5.92 Å². The zero-order valence-corrected chi connectivity index (χ0v) is 9.90. The van der Waals surface area contributed by atoms with E-state index in [2.05, 4.69) is 0 Å². The van der Waals surface area contributed by atoms with Crippen LogP contribution in [0.2, 0.25) is 0 Å². The van der Waals surface area contributed by atoms with E-state index in [0.717, 1.165) is 13.1 Å². The maximum atomic E-state index is 11.4. The minimum absolute atomic E-state index is 0.0460. The summed E-state index contributed by atoms with van der Waals surface area (Å²) in [6.07, 6.45) is 0.